The van der Waals surface area contributed by atoms with Crippen LogP contribution in [0.2, 0.25) is 0 Å². The molecule has 1 aliphatic carbocycles. The molecule has 0 unspecified atom stereocenters. The lowest BCUT2D eigenvalue weighted by Crippen LogP contribution is -2.49. The summed E-state index contributed by atoms with van der Waals surface area (Å²) < 4.78 is 84.3. The Labute approximate surface area is 167 Å². The summed E-state index contributed by atoms with van der Waals surface area (Å²) >= 11 is 0. The first kappa shape index (κ1) is 22.2. The quantitative estimate of drug-likeness (QED) is 0.514. The van der Waals surface area contributed by atoms with Gasteiger partial charge in [-0.15, -0.1) is 0 Å². The maximum Gasteiger partial charge on any atom is 0.434 e. The van der Waals surface area contributed by atoms with Gasteiger partial charge in [-0.2, -0.15) is 26.3 Å². The van der Waals surface area contributed by atoms with E-state index < -0.39 is 41.9 Å². The second kappa shape index (κ2) is 7.99. The van der Waals surface area contributed by atoms with Gasteiger partial charge in [-0.05, 0) is 30.2 Å². The van der Waals surface area contributed by atoms with Crippen molar-refractivity contribution in [2.75, 3.05) is 13.1 Å². The number of amides is 1. The summed E-state index contributed by atoms with van der Waals surface area (Å²) in [6, 6.07) is 9.04. The van der Waals surface area contributed by atoms with Gasteiger partial charge in [0.1, 0.15) is 6.61 Å². The Morgan fingerprint density at radius 2 is 1.60 bits per heavy atom. The van der Waals surface area contributed by atoms with E-state index >= 15 is 0 Å². The average molecular weight is 439 g/mol. The van der Waals surface area contributed by atoms with Gasteiger partial charge in [-0.25, -0.2) is 4.79 Å². The van der Waals surface area contributed by atoms with Crippen LogP contribution in [0, 0.1) is 11.3 Å². The third-order valence-electron chi connectivity index (χ3n) is 5.53. The van der Waals surface area contributed by atoms with E-state index in [1.54, 1.807) is 24.3 Å². The molecule has 166 valence electrons. The second-order valence-electron chi connectivity index (χ2n) is 7.55. The molecular formula is C19H19F6NO4. The van der Waals surface area contributed by atoms with E-state index in [-0.39, 0.29) is 32.5 Å². The maximum absolute atomic E-state index is 12.5. The smallest absolute Gasteiger partial charge is 0.434 e. The van der Waals surface area contributed by atoms with Crippen molar-refractivity contribution >= 4 is 12.1 Å². The topological polar surface area (TPSA) is 55.8 Å². The number of benzene rings is 1. The molecule has 11 heteroatoms. The van der Waals surface area contributed by atoms with Gasteiger partial charge in [0.2, 0.25) is 0 Å². The van der Waals surface area contributed by atoms with Crippen LogP contribution in [0.1, 0.15) is 24.8 Å². The van der Waals surface area contributed by atoms with Crippen LogP contribution in [-0.4, -0.2) is 48.5 Å². The van der Waals surface area contributed by atoms with E-state index in [0.29, 0.717) is 6.42 Å². The Morgan fingerprint density at radius 3 is 2.13 bits per heavy atom. The molecule has 30 heavy (non-hydrogen) atoms. The summed E-state index contributed by atoms with van der Waals surface area (Å²) in [5.41, 5.74) is 0.389. The molecule has 1 amide bonds. The minimum atomic E-state index is -5.75. The van der Waals surface area contributed by atoms with Crippen LogP contribution in [0.4, 0.5) is 31.1 Å². The zero-order valence-corrected chi connectivity index (χ0v) is 15.6. The van der Waals surface area contributed by atoms with Crippen molar-refractivity contribution in [2.45, 2.75) is 44.3 Å². The van der Waals surface area contributed by atoms with Crippen molar-refractivity contribution in [1.29, 1.82) is 0 Å². The molecule has 1 aliphatic heterocycles. The Bertz CT molecular complexity index is 757. The van der Waals surface area contributed by atoms with Crippen LogP contribution >= 0.6 is 0 Å². The summed E-state index contributed by atoms with van der Waals surface area (Å²) in [6.45, 7) is -0.0750. The molecule has 1 spiro atoms. The standard InChI is InChI=1S/C19H19F6NO4/c20-18(21,22)15(19(23,24)25)30-16(28)26-8-6-17(7-9-26)10-13(17)14(27)29-11-12-4-2-1-3-5-12/h1-5,13,15H,6-11H2/t13-/m0/s1. The molecule has 0 bridgehead atoms. The fourth-order valence-electron chi connectivity index (χ4n) is 3.69. The number of alkyl halides is 6. The maximum atomic E-state index is 12.5. The van der Waals surface area contributed by atoms with Crippen LogP contribution in [0.5, 0.6) is 0 Å². The summed E-state index contributed by atoms with van der Waals surface area (Å²) in [4.78, 5) is 24.9. The first-order chi connectivity index (χ1) is 13.9. The molecule has 2 fully saturated rings. The largest absolute Gasteiger partial charge is 0.461 e. The lowest BCUT2D eigenvalue weighted by Gasteiger charge is -2.33. The minimum Gasteiger partial charge on any atom is -0.461 e. The van der Waals surface area contributed by atoms with Gasteiger partial charge in [0.25, 0.3) is 6.10 Å². The number of piperidine rings is 1. The van der Waals surface area contributed by atoms with Gasteiger partial charge < -0.3 is 14.4 Å². The van der Waals surface area contributed by atoms with Crippen LogP contribution in [0.3, 0.4) is 0 Å². The van der Waals surface area contributed by atoms with Crippen molar-refractivity contribution < 1.29 is 45.4 Å². The molecular weight excluding hydrogens is 420 g/mol. The Hall–Kier alpha value is -2.46. The van der Waals surface area contributed by atoms with Crippen molar-refractivity contribution in [3.63, 3.8) is 0 Å². The number of esters is 1. The lowest BCUT2D eigenvalue weighted by molar-refractivity contribution is -0.308. The summed E-state index contributed by atoms with van der Waals surface area (Å²) in [7, 11) is 0. The van der Waals surface area contributed by atoms with Gasteiger partial charge in [0, 0.05) is 13.1 Å². The highest BCUT2D eigenvalue weighted by Crippen LogP contribution is 2.60. The number of carbonyl (C=O) groups is 2. The second-order valence-corrected chi connectivity index (χ2v) is 7.55. The average Bonchev–Trinajstić information content (AvgIpc) is 3.37. The molecule has 0 radical (unpaired) electrons. The van der Waals surface area contributed by atoms with E-state index in [9.17, 15) is 35.9 Å². The third kappa shape index (κ3) is 4.99. The van der Waals surface area contributed by atoms with Crippen molar-refractivity contribution in [3.8, 4) is 0 Å². The van der Waals surface area contributed by atoms with Gasteiger partial charge in [-0.3, -0.25) is 4.79 Å². The predicted molar refractivity (Wildman–Crippen MR) is 90.0 cm³/mol. The molecule has 0 N–H and O–H groups in total. The van der Waals surface area contributed by atoms with Gasteiger partial charge >= 0.3 is 24.4 Å². The number of likely N-dealkylation sites (tertiary alicyclic amines) is 1. The first-order valence-corrected chi connectivity index (χ1v) is 9.22. The highest BCUT2D eigenvalue weighted by Gasteiger charge is 2.62. The minimum absolute atomic E-state index is 0.0935. The number of nitrogens with zero attached hydrogens (tertiary/aromatic N) is 1. The highest BCUT2D eigenvalue weighted by molar-refractivity contribution is 5.77. The van der Waals surface area contributed by atoms with E-state index in [4.69, 9.17) is 4.74 Å². The zero-order valence-electron chi connectivity index (χ0n) is 15.6. The fraction of sp³-hybridized carbons (Fsp3) is 0.579. The Kier molecular flexibility index (Phi) is 5.92. The molecule has 5 nitrogen and oxygen atoms in total. The van der Waals surface area contributed by atoms with Crippen LogP contribution in [-0.2, 0) is 20.9 Å². The van der Waals surface area contributed by atoms with Gasteiger partial charge in [-0.1, -0.05) is 30.3 Å². The molecule has 1 aromatic rings. The van der Waals surface area contributed by atoms with E-state index in [0.717, 1.165) is 10.5 Å². The molecule has 1 heterocycles. The summed E-state index contributed by atoms with van der Waals surface area (Å²) in [6.07, 6.45) is -16.3. The number of rotatable bonds is 4. The van der Waals surface area contributed by atoms with Crippen molar-refractivity contribution in [1.82, 2.24) is 4.90 Å². The number of ether oxygens (including phenoxy) is 2. The summed E-state index contributed by atoms with van der Waals surface area (Å²) in [5.74, 6) is -0.790. The molecule has 1 aromatic carbocycles. The van der Waals surface area contributed by atoms with Crippen LogP contribution in [0.15, 0.2) is 30.3 Å². The highest BCUT2D eigenvalue weighted by atomic mass is 19.4. The number of hydrogen-bond acceptors (Lipinski definition) is 4. The SMILES string of the molecule is O=C(OCc1ccccc1)[C@@H]1CC12CCN(C(=O)OC(C(F)(F)F)C(F)(F)F)CC2. The molecule has 1 saturated heterocycles. The van der Waals surface area contributed by atoms with Gasteiger partial charge in [0.15, 0.2) is 0 Å². The third-order valence-corrected chi connectivity index (χ3v) is 5.53. The van der Waals surface area contributed by atoms with E-state index in [2.05, 4.69) is 4.74 Å². The van der Waals surface area contributed by atoms with Crippen molar-refractivity contribution in [2.24, 2.45) is 11.3 Å². The Morgan fingerprint density at radius 1 is 1.03 bits per heavy atom. The molecule has 2 aliphatic rings. The monoisotopic (exact) mass is 439 g/mol. The summed E-state index contributed by atoms with van der Waals surface area (Å²) in [5, 5.41) is 0. The zero-order chi connectivity index (χ0) is 22.2. The van der Waals surface area contributed by atoms with Crippen LogP contribution in [0.25, 0.3) is 0 Å². The fourth-order valence-corrected chi connectivity index (χ4v) is 3.69. The first-order valence-electron chi connectivity index (χ1n) is 9.22. The molecule has 3 rings (SSSR count). The Balaban J connectivity index is 1.49. The molecule has 1 saturated carbocycles. The van der Waals surface area contributed by atoms with Gasteiger partial charge in [0.05, 0.1) is 5.92 Å². The molecule has 1 atom stereocenters. The molecule has 0 aromatic heterocycles. The predicted octanol–water partition coefficient (Wildman–Crippen LogP) is 4.46. The number of hydrogen-bond donors (Lipinski definition) is 0. The normalized spacial score (nSPS) is 20.9. The lowest BCUT2D eigenvalue weighted by atomic mass is 9.91. The van der Waals surface area contributed by atoms with Crippen LogP contribution < -0.4 is 0 Å². The number of carbonyl (C=O) groups excluding carboxylic acids is 2. The number of halogens is 6. The van der Waals surface area contributed by atoms with E-state index in [1.165, 1.54) is 0 Å². The van der Waals surface area contributed by atoms with E-state index in [1.807, 2.05) is 6.07 Å². The van der Waals surface area contributed by atoms with Crippen molar-refractivity contribution in [3.05, 3.63) is 35.9 Å².